The van der Waals surface area contributed by atoms with Crippen molar-refractivity contribution in [2.24, 2.45) is 5.92 Å². The molecule has 1 saturated carbocycles. The standard InChI is InChI=1S/C19H30N2/c1-14-7-9-17-15(12-14)6-5-11-21(17)18-10-8-16(18)13-20-19(2,3)4/h7,9,12,16,18,20H,5-6,8,10-11,13H2,1-4H3. The van der Waals surface area contributed by atoms with Crippen molar-refractivity contribution in [1.29, 1.82) is 0 Å². The quantitative estimate of drug-likeness (QED) is 0.906. The molecule has 2 atom stereocenters. The molecule has 0 radical (unpaired) electrons. The van der Waals surface area contributed by atoms with Gasteiger partial charge in [-0.1, -0.05) is 17.7 Å². The summed E-state index contributed by atoms with van der Waals surface area (Å²) in [6.07, 6.45) is 5.31. The lowest BCUT2D eigenvalue weighted by molar-refractivity contribution is 0.214. The van der Waals surface area contributed by atoms with Gasteiger partial charge < -0.3 is 10.2 Å². The summed E-state index contributed by atoms with van der Waals surface area (Å²) in [5, 5.41) is 3.70. The summed E-state index contributed by atoms with van der Waals surface area (Å²) in [6, 6.07) is 7.78. The smallest absolute Gasteiger partial charge is 0.0401 e. The average Bonchev–Trinajstić information content (AvgIpc) is 2.36. The number of anilines is 1. The van der Waals surface area contributed by atoms with E-state index in [4.69, 9.17) is 0 Å². The van der Waals surface area contributed by atoms with Crippen LogP contribution in [0.5, 0.6) is 0 Å². The van der Waals surface area contributed by atoms with Gasteiger partial charge >= 0.3 is 0 Å². The molecule has 2 nitrogen and oxygen atoms in total. The summed E-state index contributed by atoms with van der Waals surface area (Å²) in [7, 11) is 0. The Bertz CT molecular complexity index is 501. The Morgan fingerprint density at radius 2 is 2.05 bits per heavy atom. The highest BCUT2D eigenvalue weighted by Gasteiger charge is 2.37. The lowest BCUT2D eigenvalue weighted by Crippen LogP contribution is -2.54. The van der Waals surface area contributed by atoms with Gasteiger partial charge in [-0.3, -0.25) is 0 Å². The number of aryl methyl sites for hydroxylation is 2. The van der Waals surface area contributed by atoms with Crippen LogP contribution in [0.4, 0.5) is 5.69 Å². The SMILES string of the molecule is Cc1ccc2c(c1)CCCN2C1CCC1CNC(C)(C)C. The number of fused-ring (bicyclic) bond motifs is 1. The molecule has 1 N–H and O–H groups in total. The second kappa shape index (κ2) is 5.64. The predicted molar refractivity (Wildman–Crippen MR) is 91.1 cm³/mol. The van der Waals surface area contributed by atoms with Crippen molar-refractivity contribution in [3.05, 3.63) is 29.3 Å². The fraction of sp³-hybridized carbons (Fsp3) is 0.684. The lowest BCUT2D eigenvalue weighted by atomic mass is 9.77. The number of rotatable bonds is 3. The second-order valence-corrected chi connectivity index (χ2v) is 7.96. The van der Waals surface area contributed by atoms with Crippen LogP contribution in [-0.2, 0) is 6.42 Å². The van der Waals surface area contributed by atoms with Crippen LogP contribution in [0.25, 0.3) is 0 Å². The zero-order valence-electron chi connectivity index (χ0n) is 14.1. The van der Waals surface area contributed by atoms with Crippen LogP contribution in [0.3, 0.4) is 0 Å². The molecule has 21 heavy (non-hydrogen) atoms. The van der Waals surface area contributed by atoms with E-state index in [-0.39, 0.29) is 5.54 Å². The van der Waals surface area contributed by atoms with E-state index in [0.717, 1.165) is 18.5 Å². The van der Waals surface area contributed by atoms with Crippen LogP contribution in [0.1, 0.15) is 51.2 Å². The molecule has 1 aliphatic heterocycles. The van der Waals surface area contributed by atoms with Crippen LogP contribution in [0.15, 0.2) is 18.2 Å². The number of nitrogens with one attached hydrogen (secondary N) is 1. The molecule has 0 spiro atoms. The van der Waals surface area contributed by atoms with E-state index in [0.29, 0.717) is 0 Å². The largest absolute Gasteiger partial charge is 0.368 e. The third-order valence-corrected chi connectivity index (χ3v) is 5.06. The van der Waals surface area contributed by atoms with E-state index >= 15 is 0 Å². The monoisotopic (exact) mass is 286 g/mol. The molecular formula is C19H30N2. The molecule has 2 unspecified atom stereocenters. The highest BCUT2D eigenvalue weighted by atomic mass is 15.2. The molecule has 3 rings (SSSR count). The van der Waals surface area contributed by atoms with Crippen LogP contribution < -0.4 is 10.2 Å². The van der Waals surface area contributed by atoms with E-state index in [1.165, 1.54) is 43.5 Å². The maximum Gasteiger partial charge on any atom is 0.0401 e. The molecule has 1 heterocycles. The Morgan fingerprint density at radius 3 is 2.71 bits per heavy atom. The molecule has 1 fully saturated rings. The first-order valence-electron chi connectivity index (χ1n) is 8.55. The van der Waals surface area contributed by atoms with Crippen LogP contribution in [0.2, 0.25) is 0 Å². The Kier molecular flexibility index (Phi) is 4.00. The molecule has 0 bridgehead atoms. The van der Waals surface area contributed by atoms with Crippen molar-refractivity contribution in [2.75, 3.05) is 18.0 Å². The Morgan fingerprint density at radius 1 is 1.24 bits per heavy atom. The third-order valence-electron chi connectivity index (χ3n) is 5.06. The van der Waals surface area contributed by atoms with Crippen molar-refractivity contribution >= 4 is 5.69 Å². The maximum atomic E-state index is 3.70. The molecule has 2 aliphatic rings. The molecule has 2 heteroatoms. The van der Waals surface area contributed by atoms with Gasteiger partial charge in [-0.15, -0.1) is 0 Å². The first-order valence-corrected chi connectivity index (χ1v) is 8.55. The predicted octanol–water partition coefficient (Wildman–Crippen LogP) is 3.91. The molecule has 0 amide bonds. The van der Waals surface area contributed by atoms with Crippen molar-refractivity contribution in [3.8, 4) is 0 Å². The van der Waals surface area contributed by atoms with E-state index in [1.54, 1.807) is 5.56 Å². The Labute approximate surface area is 129 Å². The number of hydrogen-bond acceptors (Lipinski definition) is 2. The van der Waals surface area contributed by atoms with E-state index in [2.05, 4.69) is 56.1 Å². The van der Waals surface area contributed by atoms with Crippen molar-refractivity contribution in [2.45, 2.75) is 65.0 Å². The van der Waals surface area contributed by atoms with E-state index in [9.17, 15) is 0 Å². The summed E-state index contributed by atoms with van der Waals surface area (Å²) in [6.45, 7) is 11.4. The van der Waals surface area contributed by atoms with Gasteiger partial charge in [-0.25, -0.2) is 0 Å². The normalized spacial score (nSPS) is 25.4. The third kappa shape index (κ3) is 3.26. The van der Waals surface area contributed by atoms with Gasteiger partial charge in [0.15, 0.2) is 0 Å². The van der Waals surface area contributed by atoms with Crippen LogP contribution >= 0.6 is 0 Å². The molecule has 1 aromatic carbocycles. The summed E-state index contributed by atoms with van der Waals surface area (Å²) in [4.78, 5) is 2.71. The van der Waals surface area contributed by atoms with Gasteiger partial charge in [0.1, 0.15) is 0 Å². The minimum Gasteiger partial charge on any atom is -0.368 e. The number of nitrogens with zero attached hydrogens (tertiary/aromatic N) is 1. The van der Waals surface area contributed by atoms with Gasteiger partial charge in [0.2, 0.25) is 0 Å². The Hall–Kier alpha value is -1.02. The fourth-order valence-electron chi connectivity index (χ4n) is 3.74. The molecule has 0 saturated heterocycles. The molecule has 0 aromatic heterocycles. The number of hydrogen-bond donors (Lipinski definition) is 1. The fourth-order valence-corrected chi connectivity index (χ4v) is 3.74. The van der Waals surface area contributed by atoms with Crippen molar-refractivity contribution in [1.82, 2.24) is 5.32 Å². The van der Waals surface area contributed by atoms with Crippen LogP contribution in [-0.4, -0.2) is 24.7 Å². The average molecular weight is 286 g/mol. The summed E-state index contributed by atoms with van der Waals surface area (Å²) in [5.74, 6) is 0.816. The van der Waals surface area contributed by atoms with Gasteiger partial charge in [-0.05, 0) is 70.9 Å². The summed E-state index contributed by atoms with van der Waals surface area (Å²) >= 11 is 0. The summed E-state index contributed by atoms with van der Waals surface area (Å²) < 4.78 is 0. The highest BCUT2D eigenvalue weighted by Crippen LogP contribution is 2.39. The van der Waals surface area contributed by atoms with Gasteiger partial charge in [0.25, 0.3) is 0 Å². The molecule has 1 aromatic rings. The minimum absolute atomic E-state index is 0.233. The molecule has 116 valence electrons. The first kappa shape index (κ1) is 14.9. The lowest BCUT2D eigenvalue weighted by Gasteiger charge is -2.48. The topological polar surface area (TPSA) is 15.3 Å². The maximum absolute atomic E-state index is 3.70. The zero-order valence-corrected chi connectivity index (χ0v) is 14.1. The molecule has 1 aliphatic carbocycles. The van der Waals surface area contributed by atoms with Crippen molar-refractivity contribution in [3.63, 3.8) is 0 Å². The van der Waals surface area contributed by atoms with Gasteiger partial charge in [-0.2, -0.15) is 0 Å². The molecular weight excluding hydrogens is 256 g/mol. The van der Waals surface area contributed by atoms with Gasteiger partial charge in [0.05, 0.1) is 0 Å². The summed E-state index contributed by atoms with van der Waals surface area (Å²) in [5.41, 5.74) is 4.71. The number of benzene rings is 1. The van der Waals surface area contributed by atoms with Crippen molar-refractivity contribution < 1.29 is 0 Å². The Balaban J connectivity index is 1.71. The second-order valence-electron chi connectivity index (χ2n) is 7.96. The first-order chi connectivity index (χ1) is 9.94. The van der Waals surface area contributed by atoms with Gasteiger partial charge in [0, 0.05) is 30.4 Å². The zero-order chi connectivity index (χ0) is 15.0. The highest BCUT2D eigenvalue weighted by molar-refractivity contribution is 5.58. The van der Waals surface area contributed by atoms with E-state index in [1.807, 2.05) is 0 Å². The minimum atomic E-state index is 0.233. The van der Waals surface area contributed by atoms with E-state index < -0.39 is 0 Å². The van der Waals surface area contributed by atoms with Crippen LogP contribution in [0, 0.1) is 12.8 Å².